The number of likely N-dealkylation sites (tertiary alicyclic amines) is 1. The second-order valence-electron chi connectivity index (χ2n) is 6.70. The van der Waals surface area contributed by atoms with Crippen molar-refractivity contribution in [3.05, 3.63) is 0 Å². The van der Waals surface area contributed by atoms with Gasteiger partial charge in [0.1, 0.15) is 0 Å². The van der Waals surface area contributed by atoms with Gasteiger partial charge in [0.2, 0.25) is 10.0 Å². The molecule has 1 saturated carbocycles. The Kier molecular flexibility index (Phi) is 6.44. The molecule has 1 N–H and O–H groups in total. The van der Waals surface area contributed by atoms with Gasteiger partial charge in [0.25, 0.3) is 0 Å². The van der Waals surface area contributed by atoms with Crippen molar-refractivity contribution in [1.29, 1.82) is 0 Å². The molecule has 2 aliphatic rings. The summed E-state index contributed by atoms with van der Waals surface area (Å²) < 4.78 is 38.4. The molecule has 124 valence electrons. The SMILES string of the molecule is CC1CCC(N2CCC(NS(=O)(=O)CCCF)CC2)CC1. The largest absolute Gasteiger partial charge is 0.300 e. The number of hydrogen-bond acceptors (Lipinski definition) is 3. The van der Waals surface area contributed by atoms with E-state index in [9.17, 15) is 12.8 Å². The monoisotopic (exact) mass is 320 g/mol. The van der Waals surface area contributed by atoms with Crippen molar-refractivity contribution in [2.45, 2.75) is 64.0 Å². The lowest BCUT2D eigenvalue weighted by atomic mass is 9.86. The van der Waals surface area contributed by atoms with Crippen molar-refractivity contribution >= 4 is 10.0 Å². The summed E-state index contributed by atoms with van der Waals surface area (Å²) in [4.78, 5) is 2.54. The highest BCUT2D eigenvalue weighted by molar-refractivity contribution is 7.89. The van der Waals surface area contributed by atoms with Gasteiger partial charge in [0.05, 0.1) is 12.4 Å². The second kappa shape index (κ2) is 7.88. The number of piperidine rings is 1. The van der Waals surface area contributed by atoms with Gasteiger partial charge in [-0.3, -0.25) is 4.39 Å². The zero-order chi connectivity index (χ0) is 15.3. The maximum Gasteiger partial charge on any atom is 0.211 e. The van der Waals surface area contributed by atoms with E-state index in [0.29, 0.717) is 6.04 Å². The molecule has 4 nitrogen and oxygen atoms in total. The number of alkyl halides is 1. The van der Waals surface area contributed by atoms with Crippen molar-refractivity contribution < 1.29 is 12.8 Å². The molecule has 1 saturated heterocycles. The number of sulfonamides is 1. The third kappa shape index (κ3) is 5.49. The Morgan fingerprint density at radius 3 is 2.29 bits per heavy atom. The molecule has 0 unspecified atom stereocenters. The Bertz CT molecular complexity index is 400. The fourth-order valence-electron chi connectivity index (χ4n) is 3.55. The number of halogens is 1. The number of hydrogen-bond donors (Lipinski definition) is 1. The molecule has 0 aromatic carbocycles. The van der Waals surface area contributed by atoms with E-state index < -0.39 is 16.7 Å². The minimum Gasteiger partial charge on any atom is -0.300 e. The molecule has 1 heterocycles. The smallest absolute Gasteiger partial charge is 0.211 e. The molecule has 2 rings (SSSR count). The van der Waals surface area contributed by atoms with Gasteiger partial charge in [-0.25, -0.2) is 13.1 Å². The first kappa shape index (κ1) is 17.2. The van der Waals surface area contributed by atoms with E-state index in [1.807, 2.05) is 0 Å². The quantitative estimate of drug-likeness (QED) is 0.817. The van der Waals surface area contributed by atoms with Crippen molar-refractivity contribution in [1.82, 2.24) is 9.62 Å². The standard InChI is InChI=1S/C15H29FN2O2S/c1-13-3-5-15(6-4-13)18-10-7-14(8-11-18)17-21(19,20)12-2-9-16/h13-15,17H,2-12H2,1H3. The van der Waals surface area contributed by atoms with Crippen molar-refractivity contribution in [2.24, 2.45) is 5.92 Å². The summed E-state index contributed by atoms with van der Waals surface area (Å²) >= 11 is 0. The molecule has 21 heavy (non-hydrogen) atoms. The van der Waals surface area contributed by atoms with Crippen LogP contribution in [0.4, 0.5) is 4.39 Å². The molecule has 6 heteroatoms. The molecule has 1 aliphatic heterocycles. The third-order valence-corrected chi connectivity index (χ3v) is 6.44. The molecule has 0 aromatic heterocycles. The molecule has 0 radical (unpaired) electrons. The predicted molar refractivity (Wildman–Crippen MR) is 83.5 cm³/mol. The Morgan fingerprint density at radius 1 is 1.10 bits per heavy atom. The van der Waals surface area contributed by atoms with Crippen LogP contribution in [-0.4, -0.2) is 50.9 Å². The number of rotatable bonds is 6. The van der Waals surface area contributed by atoms with Crippen LogP contribution in [0.3, 0.4) is 0 Å². The first-order valence-corrected chi connectivity index (χ1v) is 9.95. The highest BCUT2D eigenvalue weighted by Crippen LogP contribution is 2.28. The highest BCUT2D eigenvalue weighted by atomic mass is 32.2. The van der Waals surface area contributed by atoms with E-state index in [0.717, 1.165) is 31.8 Å². The lowest BCUT2D eigenvalue weighted by Crippen LogP contribution is -2.49. The van der Waals surface area contributed by atoms with Crippen molar-refractivity contribution in [3.8, 4) is 0 Å². The zero-order valence-electron chi connectivity index (χ0n) is 13.1. The fraction of sp³-hybridized carbons (Fsp3) is 1.00. The van der Waals surface area contributed by atoms with Crippen LogP contribution in [0.15, 0.2) is 0 Å². The van der Waals surface area contributed by atoms with Crippen LogP contribution in [-0.2, 0) is 10.0 Å². The highest BCUT2D eigenvalue weighted by Gasteiger charge is 2.29. The van der Waals surface area contributed by atoms with Crippen LogP contribution < -0.4 is 4.72 Å². The first-order valence-electron chi connectivity index (χ1n) is 8.30. The summed E-state index contributed by atoms with van der Waals surface area (Å²) in [7, 11) is -3.30. The van der Waals surface area contributed by atoms with E-state index in [1.54, 1.807) is 0 Å². The fourth-order valence-corrected chi connectivity index (χ4v) is 4.90. The maximum atomic E-state index is 12.1. The lowest BCUT2D eigenvalue weighted by Gasteiger charge is -2.40. The minimum atomic E-state index is -3.30. The predicted octanol–water partition coefficient (Wildman–Crippen LogP) is 2.31. The van der Waals surface area contributed by atoms with Gasteiger partial charge < -0.3 is 4.90 Å². The van der Waals surface area contributed by atoms with E-state index in [4.69, 9.17) is 0 Å². The van der Waals surface area contributed by atoms with Gasteiger partial charge in [0, 0.05) is 12.1 Å². The summed E-state index contributed by atoms with van der Waals surface area (Å²) in [5, 5.41) is 0. The number of nitrogens with one attached hydrogen (secondary N) is 1. The molecule has 0 atom stereocenters. The van der Waals surface area contributed by atoms with Gasteiger partial charge in [-0.15, -0.1) is 0 Å². The maximum absolute atomic E-state index is 12.1. The van der Waals surface area contributed by atoms with Gasteiger partial charge in [0.15, 0.2) is 0 Å². The average molecular weight is 320 g/mol. The Hall–Kier alpha value is -0.200. The lowest BCUT2D eigenvalue weighted by molar-refractivity contribution is 0.108. The molecule has 0 aromatic rings. The summed E-state index contributed by atoms with van der Waals surface area (Å²) in [6.07, 6.45) is 7.05. The van der Waals surface area contributed by atoms with E-state index in [-0.39, 0.29) is 18.2 Å². The van der Waals surface area contributed by atoms with Crippen LogP contribution in [0.25, 0.3) is 0 Å². The third-order valence-electron chi connectivity index (χ3n) is 4.92. The topological polar surface area (TPSA) is 49.4 Å². The van der Waals surface area contributed by atoms with Gasteiger partial charge in [-0.05, 0) is 64.0 Å². The van der Waals surface area contributed by atoms with E-state index >= 15 is 0 Å². The van der Waals surface area contributed by atoms with Crippen molar-refractivity contribution in [3.63, 3.8) is 0 Å². The Balaban J connectivity index is 1.73. The van der Waals surface area contributed by atoms with Gasteiger partial charge in [-0.1, -0.05) is 6.92 Å². The average Bonchev–Trinajstić information content (AvgIpc) is 2.47. The summed E-state index contributed by atoms with van der Waals surface area (Å²) in [5.74, 6) is 0.769. The molecule has 0 bridgehead atoms. The minimum absolute atomic E-state index is 0.0355. The summed E-state index contributed by atoms with van der Waals surface area (Å²) in [5.41, 5.74) is 0. The summed E-state index contributed by atoms with van der Waals surface area (Å²) in [6, 6.07) is 0.735. The van der Waals surface area contributed by atoms with Crippen LogP contribution in [0.5, 0.6) is 0 Å². The second-order valence-corrected chi connectivity index (χ2v) is 8.58. The van der Waals surface area contributed by atoms with Gasteiger partial charge in [-0.2, -0.15) is 0 Å². The molecule has 1 aliphatic carbocycles. The van der Waals surface area contributed by atoms with E-state index in [1.165, 1.54) is 25.7 Å². The zero-order valence-corrected chi connectivity index (χ0v) is 13.9. The normalized spacial score (nSPS) is 29.6. The number of nitrogens with zero attached hydrogens (tertiary/aromatic N) is 1. The van der Waals surface area contributed by atoms with Crippen molar-refractivity contribution in [2.75, 3.05) is 25.5 Å². The van der Waals surface area contributed by atoms with Crippen LogP contribution >= 0.6 is 0 Å². The van der Waals surface area contributed by atoms with Crippen LogP contribution in [0, 0.1) is 5.92 Å². The Labute approximate surface area is 128 Å². The van der Waals surface area contributed by atoms with Gasteiger partial charge >= 0.3 is 0 Å². The van der Waals surface area contributed by atoms with E-state index in [2.05, 4.69) is 16.5 Å². The molecule has 0 amide bonds. The molecule has 2 fully saturated rings. The first-order chi connectivity index (χ1) is 10.00. The molecule has 0 spiro atoms. The van der Waals surface area contributed by atoms with Crippen LogP contribution in [0.2, 0.25) is 0 Å². The van der Waals surface area contributed by atoms with Crippen LogP contribution in [0.1, 0.15) is 51.9 Å². The molecular weight excluding hydrogens is 291 g/mol. The Morgan fingerprint density at radius 2 is 1.71 bits per heavy atom. The summed E-state index contributed by atoms with van der Waals surface area (Å²) in [6.45, 7) is 3.72. The molecular formula is C15H29FN2O2S.